The van der Waals surface area contributed by atoms with Gasteiger partial charge in [0.05, 0.1) is 5.02 Å². The summed E-state index contributed by atoms with van der Waals surface area (Å²) in [4.78, 5) is 6.52. The summed E-state index contributed by atoms with van der Waals surface area (Å²) in [6.07, 6.45) is 1.06. The molecule has 1 N–H and O–H groups in total. The van der Waals surface area contributed by atoms with Gasteiger partial charge in [-0.2, -0.15) is 0 Å². The average molecular weight is 357 g/mol. The third-order valence-corrected chi connectivity index (χ3v) is 4.43. The van der Waals surface area contributed by atoms with Crippen LogP contribution < -0.4 is 4.72 Å². The van der Waals surface area contributed by atoms with Crippen molar-refractivity contribution < 1.29 is 12.8 Å². The van der Waals surface area contributed by atoms with Crippen LogP contribution in [0.2, 0.25) is 15.3 Å². The molecule has 0 spiro atoms. The third-order valence-electron chi connectivity index (χ3n) is 2.20. The molecule has 10 heteroatoms. The van der Waals surface area contributed by atoms with Gasteiger partial charge < -0.3 is 0 Å². The Bertz CT molecular complexity index is 750. The van der Waals surface area contributed by atoms with E-state index in [-0.39, 0.29) is 21.0 Å². The van der Waals surface area contributed by atoms with Crippen molar-refractivity contribution in [3.05, 3.63) is 45.7 Å². The monoisotopic (exact) mass is 355 g/mol. The zero-order chi connectivity index (χ0) is 14.9. The van der Waals surface area contributed by atoms with Gasteiger partial charge in [-0.25, -0.2) is 22.8 Å². The highest BCUT2D eigenvalue weighted by Crippen LogP contribution is 2.30. The number of hydrogen-bond donors (Lipinski definition) is 1. The largest absolute Gasteiger partial charge is 0.273 e. The van der Waals surface area contributed by atoms with Crippen molar-refractivity contribution >= 4 is 50.5 Å². The maximum absolute atomic E-state index is 13.8. The summed E-state index contributed by atoms with van der Waals surface area (Å²) >= 11 is 17.0. The Balaban J connectivity index is 2.50. The lowest BCUT2D eigenvalue weighted by atomic mass is 10.3. The van der Waals surface area contributed by atoms with Crippen molar-refractivity contribution in [1.29, 1.82) is 0 Å². The van der Waals surface area contributed by atoms with E-state index in [0.717, 1.165) is 12.4 Å². The first-order chi connectivity index (χ1) is 9.33. The van der Waals surface area contributed by atoms with Crippen LogP contribution in [0.1, 0.15) is 0 Å². The summed E-state index contributed by atoms with van der Waals surface area (Å²) in [6.45, 7) is 0. The normalized spacial score (nSPS) is 11.4. The van der Waals surface area contributed by atoms with E-state index in [1.807, 2.05) is 4.72 Å². The molecule has 2 aromatic rings. The zero-order valence-corrected chi connectivity index (χ0v) is 12.5. The van der Waals surface area contributed by atoms with Gasteiger partial charge in [0.25, 0.3) is 10.0 Å². The van der Waals surface area contributed by atoms with Gasteiger partial charge in [0.1, 0.15) is 16.9 Å². The summed E-state index contributed by atoms with van der Waals surface area (Å²) in [5, 5.41) is -0.749. The molecule has 1 aromatic carbocycles. The second kappa shape index (κ2) is 5.69. The molecule has 0 bridgehead atoms. The molecule has 0 aliphatic rings. The van der Waals surface area contributed by atoms with Crippen molar-refractivity contribution in [2.24, 2.45) is 0 Å². The quantitative estimate of drug-likeness (QED) is 0.856. The van der Waals surface area contributed by atoms with Crippen LogP contribution in [0.5, 0.6) is 0 Å². The van der Waals surface area contributed by atoms with Crippen LogP contribution in [0.25, 0.3) is 0 Å². The molecule has 5 nitrogen and oxygen atoms in total. The first-order valence-electron chi connectivity index (χ1n) is 4.96. The number of sulfonamides is 1. The average Bonchev–Trinajstić information content (AvgIpc) is 2.37. The number of nitrogens with zero attached hydrogens (tertiary/aromatic N) is 2. The van der Waals surface area contributed by atoms with E-state index in [0.29, 0.717) is 0 Å². The van der Waals surface area contributed by atoms with Gasteiger partial charge in [0.15, 0.2) is 16.1 Å². The molecule has 1 aromatic heterocycles. The van der Waals surface area contributed by atoms with Crippen molar-refractivity contribution in [3.8, 4) is 0 Å². The number of halogens is 4. The smallest absolute Gasteiger partial charge is 0.265 e. The molecule has 20 heavy (non-hydrogen) atoms. The topological polar surface area (TPSA) is 72.0 Å². The molecular weight excluding hydrogens is 352 g/mol. The Morgan fingerprint density at radius 3 is 2.30 bits per heavy atom. The number of rotatable bonds is 3. The number of nitrogens with one attached hydrogen (secondary N) is 1. The van der Waals surface area contributed by atoms with Crippen LogP contribution in [0.4, 0.5) is 10.1 Å². The first-order valence-corrected chi connectivity index (χ1v) is 7.57. The SMILES string of the molecule is O=S(=O)(Nc1c(Cl)ncnc1Cl)c1cccc(Cl)c1F. The predicted molar refractivity (Wildman–Crippen MR) is 74.3 cm³/mol. The highest BCUT2D eigenvalue weighted by molar-refractivity contribution is 7.92. The molecular formula is C10H5Cl3FN3O2S. The molecule has 2 rings (SSSR count). The van der Waals surface area contributed by atoms with Gasteiger partial charge in [-0.15, -0.1) is 0 Å². The maximum Gasteiger partial charge on any atom is 0.265 e. The number of benzene rings is 1. The molecule has 106 valence electrons. The summed E-state index contributed by atoms with van der Waals surface area (Å²) in [5.41, 5.74) is -0.241. The summed E-state index contributed by atoms with van der Waals surface area (Å²) < 4.78 is 40.0. The molecule has 1 heterocycles. The highest BCUT2D eigenvalue weighted by Gasteiger charge is 2.23. The fourth-order valence-electron chi connectivity index (χ4n) is 1.31. The summed E-state index contributed by atoms with van der Waals surface area (Å²) in [6, 6.07) is 3.57. The van der Waals surface area contributed by atoms with Crippen molar-refractivity contribution in [3.63, 3.8) is 0 Å². The van der Waals surface area contributed by atoms with E-state index < -0.39 is 20.7 Å². The molecule has 0 saturated carbocycles. The van der Waals surface area contributed by atoms with E-state index >= 15 is 0 Å². The van der Waals surface area contributed by atoms with Crippen LogP contribution in [0, 0.1) is 5.82 Å². The minimum absolute atomic E-state index is 0.212. The van der Waals surface area contributed by atoms with Gasteiger partial charge in [-0.3, -0.25) is 4.72 Å². The van der Waals surface area contributed by atoms with Crippen molar-refractivity contribution in [2.45, 2.75) is 4.90 Å². The molecule has 0 aliphatic heterocycles. The number of aromatic nitrogens is 2. The fourth-order valence-corrected chi connectivity index (χ4v) is 3.24. The third kappa shape index (κ3) is 2.95. The van der Waals surface area contributed by atoms with Crippen LogP contribution >= 0.6 is 34.8 Å². The van der Waals surface area contributed by atoms with Gasteiger partial charge in [0, 0.05) is 0 Å². The molecule has 0 unspecified atom stereocenters. The van der Waals surface area contributed by atoms with Crippen LogP contribution in [0.15, 0.2) is 29.4 Å². The second-order valence-corrected chi connectivity index (χ2v) is 6.26. The molecule has 0 fully saturated rings. The lowest BCUT2D eigenvalue weighted by molar-refractivity contribution is 0.570. The van der Waals surface area contributed by atoms with E-state index in [1.54, 1.807) is 0 Å². The van der Waals surface area contributed by atoms with E-state index in [9.17, 15) is 12.8 Å². The fraction of sp³-hybridized carbons (Fsp3) is 0. The first kappa shape index (κ1) is 15.2. The van der Waals surface area contributed by atoms with E-state index in [4.69, 9.17) is 34.8 Å². The number of hydrogen-bond acceptors (Lipinski definition) is 4. The molecule has 0 atom stereocenters. The highest BCUT2D eigenvalue weighted by atomic mass is 35.5. The van der Waals surface area contributed by atoms with E-state index in [1.165, 1.54) is 12.1 Å². The lowest BCUT2D eigenvalue weighted by Crippen LogP contribution is -2.16. The molecule has 0 radical (unpaired) electrons. The van der Waals surface area contributed by atoms with Crippen LogP contribution in [-0.4, -0.2) is 18.4 Å². The van der Waals surface area contributed by atoms with E-state index in [2.05, 4.69) is 9.97 Å². The zero-order valence-electron chi connectivity index (χ0n) is 9.44. The Labute approximate surface area is 128 Å². The van der Waals surface area contributed by atoms with Gasteiger partial charge in [-0.05, 0) is 12.1 Å². The van der Waals surface area contributed by atoms with Gasteiger partial charge in [0.2, 0.25) is 0 Å². The van der Waals surface area contributed by atoms with Crippen molar-refractivity contribution in [1.82, 2.24) is 9.97 Å². The molecule has 0 amide bonds. The van der Waals surface area contributed by atoms with Crippen LogP contribution in [0.3, 0.4) is 0 Å². The predicted octanol–water partition coefficient (Wildman–Crippen LogP) is 3.38. The minimum atomic E-state index is -4.27. The van der Waals surface area contributed by atoms with Crippen LogP contribution in [-0.2, 0) is 10.0 Å². The standard InChI is InChI=1S/C10H5Cl3FN3O2S/c11-5-2-1-3-6(7(5)14)20(18,19)17-8-9(12)15-4-16-10(8)13/h1-4,17H. The lowest BCUT2D eigenvalue weighted by Gasteiger charge is -2.10. The van der Waals surface area contributed by atoms with Crippen molar-refractivity contribution in [2.75, 3.05) is 4.72 Å². The van der Waals surface area contributed by atoms with Gasteiger partial charge in [-0.1, -0.05) is 40.9 Å². The Morgan fingerprint density at radius 2 is 1.70 bits per heavy atom. The molecule has 0 saturated heterocycles. The Kier molecular flexibility index (Phi) is 4.33. The van der Waals surface area contributed by atoms with Gasteiger partial charge >= 0.3 is 0 Å². The molecule has 0 aliphatic carbocycles. The summed E-state index contributed by atoms with van der Waals surface area (Å²) in [7, 11) is -4.27. The second-order valence-electron chi connectivity index (χ2n) is 3.49. The summed E-state index contributed by atoms with van der Waals surface area (Å²) in [5.74, 6) is -1.08. The maximum atomic E-state index is 13.8. The Morgan fingerprint density at radius 1 is 1.10 bits per heavy atom. The minimum Gasteiger partial charge on any atom is -0.273 e. The number of anilines is 1. The Hall–Kier alpha value is -1.15.